The van der Waals surface area contributed by atoms with E-state index < -0.39 is 41.8 Å². The number of ketones is 1. The standard InChI is InChI=1S/C23H27F3O7/c24-23(25,26)13-3-1-4-15(9-13)32-12-14(27)7-8-16-17(19(29)11-18(16)28)10-21-20(33-21)5-2-6-22(30)31/h1,3-4,7-9,14,16-18,20-21,27-28H,2,5-6,10-12H2,(H,30,31)/b8-7+/t14-,16-,17-,18-,20?,21?/m1/s1. The molecule has 1 saturated carbocycles. The number of carboxylic acid groups (broad SMARTS) is 1. The van der Waals surface area contributed by atoms with E-state index in [1.165, 1.54) is 18.2 Å². The maximum absolute atomic E-state index is 12.8. The molecule has 2 unspecified atom stereocenters. The van der Waals surface area contributed by atoms with Gasteiger partial charge in [-0.2, -0.15) is 13.2 Å². The van der Waals surface area contributed by atoms with E-state index in [2.05, 4.69) is 0 Å². The van der Waals surface area contributed by atoms with Crippen LogP contribution in [-0.4, -0.2) is 58.1 Å². The third kappa shape index (κ3) is 7.28. The molecular formula is C23H27F3O7. The predicted octanol–water partition coefficient (Wildman–Crippen LogP) is 2.98. The highest BCUT2D eigenvalue weighted by molar-refractivity contribution is 5.84. The van der Waals surface area contributed by atoms with E-state index in [1.54, 1.807) is 6.08 Å². The number of benzene rings is 1. The third-order valence-electron chi connectivity index (χ3n) is 5.92. The molecule has 7 nitrogen and oxygen atoms in total. The van der Waals surface area contributed by atoms with E-state index in [1.807, 2.05) is 0 Å². The maximum atomic E-state index is 12.8. The smallest absolute Gasteiger partial charge is 0.416 e. The number of epoxide rings is 1. The van der Waals surface area contributed by atoms with Crippen molar-refractivity contribution in [3.63, 3.8) is 0 Å². The molecule has 0 spiro atoms. The predicted molar refractivity (Wildman–Crippen MR) is 109 cm³/mol. The number of aliphatic hydroxyl groups is 2. The van der Waals surface area contributed by atoms with Crippen molar-refractivity contribution in [3.05, 3.63) is 42.0 Å². The van der Waals surface area contributed by atoms with Crippen LogP contribution < -0.4 is 4.74 Å². The van der Waals surface area contributed by atoms with Gasteiger partial charge in [0, 0.05) is 24.7 Å². The van der Waals surface area contributed by atoms with Gasteiger partial charge in [-0.05, 0) is 37.5 Å². The highest BCUT2D eigenvalue weighted by atomic mass is 19.4. The van der Waals surface area contributed by atoms with Gasteiger partial charge in [0.2, 0.25) is 0 Å². The average molecular weight is 472 g/mol. The van der Waals surface area contributed by atoms with E-state index in [0.717, 1.165) is 12.1 Å². The molecule has 182 valence electrons. The van der Waals surface area contributed by atoms with Crippen molar-refractivity contribution in [1.29, 1.82) is 0 Å². The summed E-state index contributed by atoms with van der Waals surface area (Å²) in [5, 5.41) is 29.1. The van der Waals surface area contributed by atoms with Crippen molar-refractivity contribution in [2.45, 2.75) is 62.7 Å². The van der Waals surface area contributed by atoms with Crippen LogP contribution in [0.3, 0.4) is 0 Å². The number of hydrogen-bond donors (Lipinski definition) is 3. The van der Waals surface area contributed by atoms with Gasteiger partial charge in [-0.25, -0.2) is 0 Å². The van der Waals surface area contributed by atoms with Crippen molar-refractivity contribution < 1.29 is 47.6 Å². The molecule has 2 aliphatic rings. The van der Waals surface area contributed by atoms with Crippen molar-refractivity contribution in [1.82, 2.24) is 0 Å². The minimum atomic E-state index is -4.50. The summed E-state index contributed by atoms with van der Waals surface area (Å²) < 4.78 is 49.1. The fourth-order valence-corrected chi connectivity index (χ4v) is 4.13. The number of alkyl halides is 3. The minimum Gasteiger partial charge on any atom is -0.491 e. The summed E-state index contributed by atoms with van der Waals surface area (Å²) in [6.07, 6.45) is -2.37. The Kier molecular flexibility index (Phi) is 8.14. The summed E-state index contributed by atoms with van der Waals surface area (Å²) in [7, 11) is 0. The van der Waals surface area contributed by atoms with Crippen LogP contribution in [-0.2, 0) is 20.5 Å². The number of carbonyl (C=O) groups excluding carboxylic acids is 1. The third-order valence-corrected chi connectivity index (χ3v) is 5.92. The van der Waals surface area contributed by atoms with Crippen LogP contribution in [0.25, 0.3) is 0 Å². The Balaban J connectivity index is 1.50. The SMILES string of the molecule is O=C(O)CCCC1OC1C[C@H]1C(=O)C[C@@H](O)[C@@H]1/C=C/[C@@H](O)COc1cccc(C(F)(F)F)c1. The Morgan fingerprint density at radius 2 is 2.06 bits per heavy atom. The molecule has 1 aromatic rings. The summed E-state index contributed by atoms with van der Waals surface area (Å²) in [6, 6.07) is 4.32. The number of ether oxygens (including phenoxy) is 2. The van der Waals surface area contributed by atoms with Gasteiger partial charge in [0.1, 0.15) is 24.2 Å². The van der Waals surface area contributed by atoms with Crippen molar-refractivity contribution in [2.24, 2.45) is 11.8 Å². The molecule has 0 aromatic heterocycles. The van der Waals surface area contributed by atoms with Gasteiger partial charge in [0.15, 0.2) is 0 Å². The number of aliphatic carboxylic acids is 1. The van der Waals surface area contributed by atoms with Crippen molar-refractivity contribution in [2.75, 3.05) is 6.61 Å². The summed E-state index contributed by atoms with van der Waals surface area (Å²) in [4.78, 5) is 22.9. The van der Waals surface area contributed by atoms with Gasteiger partial charge in [0.05, 0.1) is 23.9 Å². The maximum Gasteiger partial charge on any atom is 0.416 e. The Labute approximate surface area is 188 Å². The van der Waals surface area contributed by atoms with Gasteiger partial charge in [-0.1, -0.05) is 18.2 Å². The normalized spacial score (nSPS) is 28.3. The van der Waals surface area contributed by atoms with Gasteiger partial charge < -0.3 is 24.8 Å². The lowest BCUT2D eigenvalue weighted by Crippen LogP contribution is -2.22. The van der Waals surface area contributed by atoms with Gasteiger partial charge in [0.25, 0.3) is 0 Å². The first kappa shape index (κ1) is 25.2. The second-order valence-electron chi connectivity index (χ2n) is 8.45. The Hall–Kier alpha value is -2.43. The number of carbonyl (C=O) groups is 2. The molecule has 2 fully saturated rings. The Morgan fingerprint density at radius 1 is 1.30 bits per heavy atom. The Morgan fingerprint density at radius 3 is 2.76 bits per heavy atom. The summed E-state index contributed by atoms with van der Waals surface area (Å²) in [5.74, 6) is -2.02. The van der Waals surface area contributed by atoms with Crippen molar-refractivity contribution in [3.8, 4) is 5.75 Å². The zero-order valence-corrected chi connectivity index (χ0v) is 17.8. The molecule has 1 aliphatic carbocycles. The number of carboxylic acids is 1. The summed E-state index contributed by atoms with van der Waals surface area (Å²) >= 11 is 0. The molecule has 10 heteroatoms. The second kappa shape index (κ2) is 10.7. The van der Waals surface area contributed by atoms with Crippen LogP contribution in [0, 0.1) is 11.8 Å². The minimum absolute atomic E-state index is 0.00704. The number of rotatable bonds is 11. The average Bonchev–Trinajstić information content (AvgIpc) is 3.42. The quantitative estimate of drug-likeness (QED) is 0.335. The number of halogens is 3. The second-order valence-corrected chi connectivity index (χ2v) is 8.45. The van der Waals surface area contributed by atoms with Crippen LogP contribution in [0.2, 0.25) is 0 Å². The van der Waals surface area contributed by atoms with E-state index in [9.17, 15) is 33.0 Å². The van der Waals surface area contributed by atoms with Crippen LogP contribution in [0.1, 0.15) is 37.7 Å². The molecule has 1 aromatic carbocycles. The van der Waals surface area contributed by atoms with Crippen LogP contribution in [0.15, 0.2) is 36.4 Å². The van der Waals surface area contributed by atoms with E-state index >= 15 is 0 Å². The topological polar surface area (TPSA) is 117 Å². The summed E-state index contributed by atoms with van der Waals surface area (Å²) in [6.45, 7) is -0.295. The zero-order valence-electron chi connectivity index (χ0n) is 17.8. The first-order valence-corrected chi connectivity index (χ1v) is 10.8. The zero-order chi connectivity index (χ0) is 24.2. The molecule has 3 rings (SSSR count). The van der Waals surface area contributed by atoms with Crippen molar-refractivity contribution >= 4 is 11.8 Å². The van der Waals surface area contributed by atoms with Gasteiger partial charge >= 0.3 is 12.1 Å². The number of Topliss-reactive ketones (excluding diaryl/α,β-unsaturated/α-hetero) is 1. The van der Waals surface area contributed by atoms with E-state index in [0.29, 0.717) is 19.3 Å². The largest absolute Gasteiger partial charge is 0.491 e. The van der Waals surface area contributed by atoms with Crippen LogP contribution in [0.4, 0.5) is 13.2 Å². The van der Waals surface area contributed by atoms with Gasteiger partial charge in [-0.3, -0.25) is 9.59 Å². The van der Waals surface area contributed by atoms with Crippen LogP contribution in [0.5, 0.6) is 5.75 Å². The number of aliphatic hydroxyl groups excluding tert-OH is 2. The molecule has 3 N–H and O–H groups in total. The molecule has 1 heterocycles. The molecule has 6 atom stereocenters. The lowest BCUT2D eigenvalue weighted by molar-refractivity contribution is -0.138. The first-order chi connectivity index (χ1) is 15.5. The fraction of sp³-hybridized carbons (Fsp3) is 0.565. The van der Waals surface area contributed by atoms with E-state index in [4.69, 9.17) is 14.6 Å². The number of hydrogen-bond acceptors (Lipinski definition) is 6. The van der Waals surface area contributed by atoms with E-state index in [-0.39, 0.29) is 43.2 Å². The molecule has 0 radical (unpaired) electrons. The molecule has 0 amide bonds. The monoisotopic (exact) mass is 472 g/mol. The molecule has 33 heavy (non-hydrogen) atoms. The van der Waals surface area contributed by atoms with Gasteiger partial charge in [-0.15, -0.1) is 0 Å². The molecular weight excluding hydrogens is 445 g/mol. The Bertz CT molecular complexity index is 870. The first-order valence-electron chi connectivity index (χ1n) is 10.8. The lowest BCUT2D eigenvalue weighted by Gasteiger charge is -2.17. The molecule has 0 bridgehead atoms. The highest BCUT2D eigenvalue weighted by Crippen LogP contribution is 2.40. The highest BCUT2D eigenvalue weighted by Gasteiger charge is 2.47. The lowest BCUT2D eigenvalue weighted by atomic mass is 9.88. The molecule has 1 saturated heterocycles. The van der Waals surface area contributed by atoms with Crippen LogP contribution >= 0.6 is 0 Å². The fourth-order valence-electron chi connectivity index (χ4n) is 4.13. The molecule has 1 aliphatic heterocycles. The summed E-state index contributed by atoms with van der Waals surface area (Å²) in [5.41, 5.74) is -0.857.